The van der Waals surface area contributed by atoms with Gasteiger partial charge < -0.3 is 5.11 Å². The molecule has 2 saturated carbocycles. The lowest BCUT2D eigenvalue weighted by atomic mass is 9.54. The molecule has 2 heteroatoms. The highest BCUT2D eigenvalue weighted by Crippen LogP contribution is 2.61. The molecule has 1 N–H and O–H groups in total. The lowest BCUT2D eigenvalue weighted by molar-refractivity contribution is -0.129. The van der Waals surface area contributed by atoms with E-state index in [-0.39, 0.29) is 5.41 Å². The smallest absolute Gasteiger partial charge is 0.139 e. The molecule has 0 radical (unpaired) electrons. The zero-order chi connectivity index (χ0) is 14.8. The number of hydrogen-bond donors (Lipinski definition) is 1. The zero-order valence-corrected chi connectivity index (χ0v) is 12.9. The van der Waals surface area contributed by atoms with Gasteiger partial charge in [0.2, 0.25) is 0 Å². The van der Waals surface area contributed by atoms with Gasteiger partial charge in [0.25, 0.3) is 0 Å². The fourth-order valence-corrected chi connectivity index (χ4v) is 5.64. The van der Waals surface area contributed by atoms with Crippen molar-refractivity contribution in [3.8, 4) is 5.75 Å². The van der Waals surface area contributed by atoms with Gasteiger partial charge in [0.15, 0.2) is 0 Å². The Balaban J connectivity index is 1.77. The molecular weight excluding hydrogens is 260 g/mol. The van der Waals surface area contributed by atoms with Gasteiger partial charge in [-0.25, -0.2) is 0 Å². The van der Waals surface area contributed by atoms with Gasteiger partial charge in [-0.15, -0.1) is 0 Å². The van der Waals surface area contributed by atoms with Crippen molar-refractivity contribution in [2.75, 3.05) is 0 Å². The maximum atomic E-state index is 12.3. The third-order valence-corrected chi connectivity index (χ3v) is 6.77. The predicted octanol–water partition coefficient (Wildman–Crippen LogP) is 4.38. The third-order valence-electron chi connectivity index (χ3n) is 6.77. The quantitative estimate of drug-likeness (QED) is 0.767. The van der Waals surface area contributed by atoms with E-state index in [2.05, 4.69) is 19.9 Å². The van der Waals surface area contributed by atoms with E-state index in [9.17, 15) is 9.90 Å². The summed E-state index contributed by atoms with van der Waals surface area (Å²) in [5, 5.41) is 9.78. The summed E-state index contributed by atoms with van der Waals surface area (Å²) in [6.45, 7) is 4.50. The van der Waals surface area contributed by atoms with E-state index >= 15 is 0 Å². The second-order valence-electron chi connectivity index (χ2n) is 7.74. The van der Waals surface area contributed by atoms with Crippen LogP contribution in [0.2, 0.25) is 0 Å². The second-order valence-corrected chi connectivity index (χ2v) is 7.74. The number of benzene rings is 1. The molecule has 0 bridgehead atoms. The average Bonchev–Trinajstić information content (AvgIpc) is 2.76. The van der Waals surface area contributed by atoms with Crippen LogP contribution in [0.4, 0.5) is 0 Å². The number of fused-ring (bicyclic) bond motifs is 5. The number of carbonyl (C=O) groups excluding carboxylic acids is 1. The van der Waals surface area contributed by atoms with Crippen LogP contribution in [0, 0.1) is 17.3 Å². The first-order chi connectivity index (χ1) is 10.0. The van der Waals surface area contributed by atoms with Crippen molar-refractivity contribution in [3.63, 3.8) is 0 Å². The first kappa shape index (κ1) is 13.4. The Morgan fingerprint density at radius 3 is 2.86 bits per heavy atom. The molecule has 3 aliphatic carbocycles. The van der Waals surface area contributed by atoms with E-state index in [1.165, 1.54) is 17.5 Å². The molecule has 5 atom stereocenters. The zero-order valence-electron chi connectivity index (χ0n) is 12.9. The number of phenolic OH excluding ortho intramolecular Hbond substituents is 1. The molecule has 112 valence electrons. The minimum absolute atomic E-state index is 0.0463. The molecule has 1 aromatic carbocycles. The van der Waals surface area contributed by atoms with Gasteiger partial charge in [0.1, 0.15) is 11.5 Å². The number of hydrogen-bond acceptors (Lipinski definition) is 2. The van der Waals surface area contributed by atoms with Gasteiger partial charge in [-0.3, -0.25) is 4.79 Å². The minimum Gasteiger partial charge on any atom is -0.508 e. The lowest BCUT2D eigenvalue weighted by Crippen LogP contribution is -2.42. The molecule has 2 fully saturated rings. The number of ketones is 1. The summed E-state index contributed by atoms with van der Waals surface area (Å²) in [6, 6.07) is 5.93. The van der Waals surface area contributed by atoms with Crippen LogP contribution in [0.5, 0.6) is 5.75 Å². The SMILES string of the molecule is C[C@H]1CC2C(CC[C@]3(C)C(=O)CCC23)c2ccc(O)cc21. The summed E-state index contributed by atoms with van der Waals surface area (Å²) < 4.78 is 0. The summed E-state index contributed by atoms with van der Waals surface area (Å²) in [7, 11) is 0. The van der Waals surface area contributed by atoms with E-state index in [4.69, 9.17) is 0 Å². The Hall–Kier alpha value is -1.31. The van der Waals surface area contributed by atoms with Gasteiger partial charge in [0.05, 0.1) is 0 Å². The van der Waals surface area contributed by atoms with Crippen LogP contribution >= 0.6 is 0 Å². The molecule has 0 aromatic heterocycles. The Labute approximate surface area is 126 Å². The van der Waals surface area contributed by atoms with Crippen molar-refractivity contribution in [2.24, 2.45) is 17.3 Å². The molecule has 3 aliphatic rings. The van der Waals surface area contributed by atoms with Crippen molar-refractivity contribution in [2.45, 2.75) is 57.8 Å². The number of aromatic hydroxyl groups is 1. The Bertz CT molecular complexity index is 606. The monoisotopic (exact) mass is 284 g/mol. The molecule has 0 heterocycles. The molecule has 0 saturated heterocycles. The number of carbonyl (C=O) groups is 1. The van der Waals surface area contributed by atoms with Crippen molar-refractivity contribution in [1.29, 1.82) is 0 Å². The van der Waals surface area contributed by atoms with Crippen LogP contribution in [0.25, 0.3) is 0 Å². The van der Waals surface area contributed by atoms with Gasteiger partial charge in [-0.05, 0) is 72.6 Å². The van der Waals surface area contributed by atoms with Crippen molar-refractivity contribution >= 4 is 5.78 Å². The number of Topliss-reactive ketones (excluding diaryl/α,β-unsaturated/α-hetero) is 1. The fourth-order valence-electron chi connectivity index (χ4n) is 5.64. The Morgan fingerprint density at radius 2 is 2.05 bits per heavy atom. The average molecular weight is 284 g/mol. The highest BCUT2D eigenvalue weighted by Gasteiger charge is 2.55. The molecule has 1 aromatic rings. The second kappa shape index (κ2) is 4.34. The highest BCUT2D eigenvalue weighted by atomic mass is 16.3. The van der Waals surface area contributed by atoms with E-state index in [1.807, 2.05) is 12.1 Å². The summed E-state index contributed by atoms with van der Waals surface area (Å²) in [5.74, 6) is 3.22. The molecular formula is C19H24O2. The van der Waals surface area contributed by atoms with Crippen LogP contribution in [0.15, 0.2) is 18.2 Å². The molecule has 4 rings (SSSR count). The summed E-state index contributed by atoms with van der Waals surface area (Å²) >= 11 is 0. The maximum Gasteiger partial charge on any atom is 0.139 e. The van der Waals surface area contributed by atoms with Crippen LogP contribution in [-0.2, 0) is 4.79 Å². The number of rotatable bonds is 0. The minimum atomic E-state index is -0.0463. The van der Waals surface area contributed by atoms with E-state index in [1.54, 1.807) is 0 Å². The molecule has 21 heavy (non-hydrogen) atoms. The predicted molar refractivity (Wildman–Crippen MR) is 82.4 cm³/mol. The Morgan fingerprint density at radius 1 is 1.24 bits per heavy atom. The Kier molecular flexibility index (Phi) is 2.76. The normalized spacial score (nSPS) is 41.3. The van der Waals surface area contributed by atoms with Crippen molar-refractivity contribution < 1.29 is 9.90 Å². The van der Waals surface area contributed by atoms with Crippen LogP contribution in [0.1, 0.15) is 68.9 Å². The highest BCUT2D eigenvalue weighted by molar-refractivity contribution is 5.87. The molecule has 2 nitrogen and oxygen atoms in total. The molecule has 3 unspecified atom stereocenters. The number of phenols is 1. The van der Waals surface area contributed by atoms with Crippen LogP contribution in [0.3, 0.4) is 0 Å². The maximum absolute atomic E-state index is 12.3. The van der Waals surface area contributed by atoms with Gasteiger partial charge >= 0.3 is 0 Å². The lowest BCUT2D eigenvalue weighted by Gasteiger charge is -2.49. The fraction of sp³-hybridized carbons (Fsp3) is 0.632. The summed E-state index contributed by atoms with van der Waals surface area (Å²) in [5.41, 5.74) is 2.73. The molecule has 0 spiro atoms. The topological polar surface area (TPSA) is 37.3 Å². The summed E-state index contributed by atoms with van der Waals surface area (Å²) in [6.07, 6.45) is 5.24. The van der Waals surface area contributed by atoms with Crippen LogP contribution < -0.4 is 0 Å². The van der Waals surface area contributed by atoms with Gasteiger partial charge in [0, 0.05) is 11.8 Å². The summed E-state index contributed by atoms with van der Waals surface area (Å²) in [4.78, 5) is 12.3. The van der Waals surface area contributed by atoms with Crippen molar-refractivity contribution in [1.82, 2.24) is 0 Å². The molecule has 0 aliphatic heterocycles. The van der Waals surface area contributed by atoms with E-state index in [0.717, 1.165) is 25.7 Å². The largest absolute Gasteiger partial charge is 0.508 e. The van der Waals surface area contributed by atoms with Crippen molar-refractivity contribution in [3.05, 3.63) is 29.3 Å². The van der Waals surface area contributed by atoms with E-state index < -0.39 is 0 Å². The van der Waals surface area contributed by atoms with E-state index in [0.29, 0.717) is 35.2 Å². The third kappa shape index (κ3) is 1.74. The van der Waals surface area contributed by atoms with Gasteiger partial charge in [-0.2, -0.15) is 0 Å². The van der Waals surface area contributed by atoms with Crippen LogP contribution in [-0.4, -0.2) is 10.9 Å². The van der Waals surface area contributed by atoms with Gasteiger partial charge in [-0.1, -0.05) is 19.9 Å². The molecule has 0 amide bonds. The standard InChI is InChI=1S/C19H24O2/c1-11-9-16-14(13-4-3-12(20)10-15(11)13)7-8-19(2)17(16)5-6-18(19)21/h3-4,10-11,14,16-17,20H,5-9H2,1-2H3/t11-,14?,16?,17?,19-/m0/s1. The first-order valence-electron chi connectivity index (χ1n) is 8.37. The first-order valence-corrected chi connectivity index (χ1v) is 8.37.